The number of anilines is 2. The molecule has 1 saturated heterocycles. The number of hydrogen-bond acceptors (Lipinski definition) is 6. The predicted molar refractivity (Wildman–Crippen MR) is 128 cm³/mol. The van der Waals surface area contributed by atoms with Gasteiger partial charge in [0, 0.05) is 43.7 Å². The fraction of sp³-hybridized carbons (Fsp3) is 0.304. The highest BCUT2D eigenvalue weighted by Crippen LogP contribution is 2.17. The second kappa shape index (κ2) is 12.0. The third kappa shape index (κ3) is 8.59. The monoisotopic (exact) mass is 469 g/mol. The van der Waals surface area contributed by atoms with Crippen molar-refractivity contribution >= 4 is 46.8 Å². The van der Waals surface area contributed by atoms with Gasteiger partial charge in [-0.05, 0) is 23.8 Å². The Morgan fingerprint density at radius 1 is 1.00 bits per heavy atom. The molecule has 1 aliphatic rings. The first kappa shape index (κ1) is 24.3. The summed E-state index contributed by atoms with van der Waals surface area (Å²) >= 11 is 1.23. The number of carbonyl (C=O) groups is 4. The maximum absolute atomic E-state index is 12.3. The van der Waals surface area contributed by atoms with Crippen molar-refractivity contribution in [2.45, 2.75) is 37.8 Å². The number of rotatable bonds is 9. The van der Waals surface area contributed by atoms with Gasteiger partial charge in [-0.25, -0.2) is 0 Å². The van der Waals surface area contributed by atoms with Crippen LogP contribution < -0.4 is 26.6 Å². The molecule has 2 atom stereocenters. The molecule has 5 N–H and O–H groups in total. The molecule has 2 aromatic rings. The van der Waals surface area contributed by atoms with Crippen LogP contribution in [0.3, 0.4) is 0 Å². The van der Waals surface area contributed by atoms with Crippen LogP contribution in [0.5, 0.6) is 0 Å². The molecular formula is C23H27N5O4S. The van der Waals surface area contributed by atoms with Gasteiger partial charge in [0.05, 0.1) is 5.75 Å². The summed E-state index contributed by atoms with van der Waals surface area (Å²) < 4.78 is 0. The lowest BCUT2D eigenvalue weighted by Gasteiger charge is -2.30. The zero-order valence-electron chi connectivity index (χ0n) is 18.2. The molecule has 0 spiro atoms. The van der Waals surface area contributed by atoms with Crippen molar-refractivity contribution < 1.29 is 19.2 Å². The average Bonchev–Trinajstić information content (AvgIpc) is 2.76. The van der Waals surface area contributed by atoms with Crippen molar-refractivity contribution in [3.8, 4) is 0 Å². The van der Waals surface area contributed by atoms with Crippen molar-refractivity contribution in [3.05, 3.63) is 60.2 Å². The minimum atomic E-state index is -0.477. The van der Waals surface area contributed by atoms with Crippen LogP contribution in [-0.2, 0) is 25.7 Å². The molecule has 2 unspecified atom stereocenters. The second-order valence-corrected chi connectivity index (χ2v) is 8.70. The molecule has 1 fully saturated rings. The van der Waals surface area contributed by atoms with Gasteiger partial charge in [-0.1, -0.05) is 36.4 Å². The molecule has 0 bridgehead atoms. The summed E-state index contributed by atoms with van der Waals surface area (Å²) in [4.78, 5) is 47.9. The number of amides is 4. The molecule has 0 aromatic heterocycles. The number of benzene rings is 2. The van der Waals surface area contributed by atoms with Gasteiger partial charge in [-0.2, -0.15) is 0 Å². The number of hydrogen-bond donors (Lipinski definition) is 5. The number of carbonyl (C=O) groups excluding carboxylic acids is 4. The number of thioether (sulfide) groups is 1. The van der Waals surface area contributed by atoms with Crippen LogP contribution in [0.15, 0.2) is 54.6 Å². The lowest BCUT2D eigenvalue weighted by atomic mass is 10.1. The molecule has 10 heteroatoms. The Morgan fingerprint density at radius 3 is 2.45 bits per heavy atom. The third-order valence-corrected chi connectivity index (χ3v) is 5.74. The molecular weight excluding hydrogens is 442 g/mol. The highest BCUT2D eigenvalue weighted by atomic mass is 32.2. The van der Waals surface area contributed by atoms with Crippen LogP contribution in [0.4, 0.5) is 11.4 Å². The zero-order valence-corrected chi connectivity index (χ0v) is 19.0. The van der Waals surface area contributed by atoms with Crippen molar-refractivity contribution in [2.75, 3.05) is 16.4 Å². The molecule has 1 aliphatic heterocycles. The van der Waals surface area contributed by atoms with Crippen molar-refractivity contribution in [2.24, 2.45) is 0 Å². The first-order valence-corrected chi connectivity index (χ1v) is 11.6. The SMILES string of the molecule is CC(=O)Nc1cccc(NC(=O)CSC2NC(=O)CC(CC(=O)NCc3ccccc3)N2)c1. The summed E-state index contributed by atoms with van der Waals surface area (Å²) in [5.74, 6) is -0.674. The smallest absolute Gasteiger partial charge is 0.234 e. The highest BCUT2D eigenvalue weighted by molar-refractivity contribution is 8.00. The normalized spacial score (nSPS) is 17.5. The fourth-order valence-electron chi connectivity index (χ4n) is 3.29. The van der Waals surface area contributed by atoms with Gasteiger partial charge in [0.25, 0.3) is 0 Å². The largest absolute Gasteiger partial charge is 0.352 e. The molecule has 9 nitrogen and oxygen atoms in total. The maximum Gasteiger partial charge on any atom is 0.234 e. The van der Waals surface area contributed by atoms with E-state index in [1.807, 2.05) is 30.3 Å². The molecule has 1 heterocycles. The van der Waals surface area contributed by atoms with Crippen LogP contribution in [0.1, 0.15) is 25.3 Å². The predicted octanol–water partition coefficient (Wildman–Crippen LogP) is 1.78. The summed E-state index contributed by atoms with van der Waals surface area (Å²) in [6.07, 6.45) is 0.359. The van der Waals surface area contributed by atoms with E-state index >= 15 is 0 Å². The van der Waals surface area contributed by atoms with Crippen LogP contribution >= 0.6 is 11.8 Å². The molecule has 2 aromatic carbocycles. The quantitative estimate of drug-likeness (QED) is 0.381. The standard InChI is InChI=1S/C23H27N5O4S/c1-15(29)25-17-8-5-9-18(10-17)26-22(32)14-33-23-27-19(12-21(31)28-23)11-20(30)24-13-16-6-3-2-4-7-16/h2-10,19,23,27H,11-14H2,1H3,(H,24,30)(H,25,29)(H,26,32)(H,28,31). The van der Waals surface area contributed by atoms with E-state index in [0.29, 0.717) is 17.9 Å². The van der Waals surface area contributed by atoms with E-state index in [2.05, 4.69) is 26.6 Å². The molecule has 0 aliphatic carbocycles. The Labute approximate surface area is 196 Å². The molecule has 33 heavy (non-hydrogen) atoms. The minimum absolute atomic E-state index is 0.0925. The summed E-state index contributed by atoms with van der Waals surface area (Å²) in [5, 5.41) is 14.3. The highest BCUT2D eigenvalue weighted by Gasteiger charge is 2.28. The van der Waals surface area contributed by atoms with E-state index in [9.17, 15) is 19.2 Å². The van der Waals surface area contributed by atoms with Gasteiger partial charge < -0.3 is 21.3 Å². The topological polar surface area (TPSA) is 128 Å². The van der Waals surface area contributed by atoms with E-state index in [-0.39, 0.29) is 48.3 Å². The van der Waals surface area contributed by atoms with E-state index in [1.165, 1.54) is 18.7 Å². The van der Waals surface area contributed by atoms with Gasteiger partial charge in [0.1, 0.15) is 5.50 Å². The minimum Gasteiger partial charge on any atom is -0.352 e. The first-order valence-electron chi connectivity index (χ1n) is 10.5. The average molecular weight is 470 g/mol. The molecule has 4 amide bonds. The van der Waals surface area contributed by atoms with Crippen LogP contribution in [0.2, 0.25) is 0 Å². The van der Waals surface area contributed by atoms with Gasteiger partial charge in [-0.3, -0.25) is 24.5 Å². The molecule has 174 valence electrons. The number of nitrogens with one attached hydrogen (secondary N) is 5. The Morgan fingerprint density at radius 2 is 1.73 bits per heavy atom. The summed E-state index contributed by atoms with van der Waals surface area (Å²) in [5.41, 5.74) is 1.67. The first-order chi connectivity index (χ1) is 15.9. The Hall–Kier alpha value is -3.37. The van der Waals surface area contributed by atoms with Gasteiger partial charge in [0.2, 0.25) is 23.6 Å². The fourth-order valence-corrected chi connectivity index (χ4v) is 4.18. The Balaban J connectivity index is 1.43. The van der Waals surface area contributed by atoms with Crippen LogP contribution in [0.25, 0.3) is 0 Å². The summed E-state index contributed by atoms with van der Waals surface area (Å²) in [6.45, 7) is 1.84. The zero-order chi connectivity index (χ0) is 23.6. The van der Waals surface area contributed by atoms with Gasteiger partial charge in [-0.15, -0.1) is 11.8 Å². The van der Waals surface area contributed by atoms with E-state index in [0.717, 1.165) is 5.56 Å². The van der Waals surface area contributed by atoms with Crippen molar-refractivity contribution in [1.29, 1.82) is 0 Å². The van der Waals surface area contributed by atoms with Gasteiger partial charge >= 0.3 is 0 Å². The molecule has 0 radical (unpaired) electrons. The Kier molecular flexibility index (Phi) is 8.85. The molecule has 3 rings (SSSR count). The molecule has 0 saturated carbocycles. The second-order valence-electron chi connectivity index (χ2n) is 7.60. The van der Waals surface area contributed by atoms with Crippen molar-refractivity contribution in [1.82, 2.24) is 16.0 Å². The summed E-state index contributed by atoms with van der Waals surface area (Å²) in [7, 11) is 0. The van der Waals surface area contributed by atoms with Crippen molar-refractivity contribution in [3.63, 3.8) is 0 Å². The van der Waals surface area contributed by atoms with Crippen LogP contribution in [0, 0.1) is 0 Å². The Bertz CT molecular complexity index is 1000. The van der Waals surface area contributed by atoms with E-state index < -0.39 is 5.50 Å². The van der Waals surface area contributed by atoms with Gasteiger partial charge in [0.15, 0.2) is 0 Å². The third-order valence-electron chi connectivity index (χ3n) is 4.72. The lowest BCUT2D eigenvalue weighted by Crippen LogP contribution is -2.56. The van der Waals surface area contributed by atoms with E-state index in [1.54, 1.807) is 24.3 Å². The van der Waals surface area contributed by atoms with Crippen LogP contribution in [-0.4, -0.2) is 40.9 Å². The van der Waals surface area contributed by atoms with E-state index in [4.69, 9.17) is 0 Å². The summed E-state index contributed by atoms with van der Waals surface area (Å²) in [6, 6.07) is 16.1. The lowest BCUT2D eigenvalue weighted by molar-refractivity contribution is -0.125. The maximum atomic E-state index is 12.3.